The number of carbonyl (C=O) groups is 8. The Hall–Kier alpha value is -10.2. The van der Waals surface area contributed by atoms with E-state index in [0.717, 1.165) is 0 Å². The molecule has 10 N–H and O–H groups in total. The first-order valence-corrected chi connectivity index (χ1v) is 24.8. The van der Waals surface area contributed by atoms with E-state index in [-0.39, 0.29) is 52.2 Å². The predicted octanol–water partition coefficient (Wildman–Crippen LogP) is 3.03. The van der Waals surface area contributed by atoms with Gasteiger partial charge in [0.15, 0.2) is 17.5 Å². The highest BCUT2D eigenvalue weighted by molar-refractivity contribution is 6.09. The molecule has 0 spiro atoms. The zero-order chi connectivity index (χ0) is 56.7. The van der Waals surface area contributed by atoms with Gasteiger partial charge in [-0.2, -0.15) is 0 Å². The Labute approximate surface area is 451 Å². The molecular formula is C51H60N20O8. The second-order valence-electron chi connectivity index (χ2n) is 18.4. The lowest BCUT2D eigenvalue weighted by molar-refractivity contribution is 0.0946. The second kappa shape index (κ2) is 23.7. The topological polar surface area (TPSA) is 337 Å². The summed E-state index contributed by atoms with van der Waals surface area (Å²) in [5, 5.41) is 21.9. The van der Waals surface area contributed by atoms with Crippen LogP contribution in [0.2, 0.25) is 0 Å². The van der Waals surface area contributed by atoms with Gasteiger partial charge in [-0.25, -0.2) is 15.0 Å². The van der Waals surface area contributed by atoms with Crippen LogP contribution in [0.4, 0.5) is 34.3 Å². The highest BCUT2D eigenvalue weighted by Gasteiger charge is 2.24. The molecule has 79 heavy (non-hydrogen) atoms. The minimum absolute atomic E-state index is 0.00491. The highest BCUT2D eigenvalue weighted by Crippen LogP contribution is 2.23. The molecular weight excluding hydrogens is 1020 g/mol. The van der Waals surface area contributed by atoms with Crippen LogP contribution in [0.3, 0.4) is 0 Å². The van der Waals surface area contributed by atoms with Gasteiger partial charge in [0.25, 0.3) is 47.3 Å². The number of amides is 8. The number of nitrogens with zero attached hydrogens (tertiary/aromatic N) is 11. The number of nitrogens with one attached hydrogen (secondary N) is 8. The van der Waals surface area contributed by atoms with E-state index in [4.69, 9.17) is 5.73 Å². The van der Waals surface area contributed by atoms with E-state index in [1.54, 1.807) is 123 Å². The summed E-state index contributed by atoms with van der Waals surface area (Å²) in [6.45, 7) is 1.48. The standard InChI is InChI=1S/C51H60N20O8/c1-53-44(72)35-19-30(24-65(35)4)57-46(74)36-20-31(25-66(36)5)58-47(75)37-21-32(26-67(37)6)60-50(78)42-56-13-18-69(42)14-8-9-15-70-27-33(22-38(70)45(73)54-2)59-48(76)39-23-34(28-71(39)16-10-11-52)61-51(79)43-62-40(29-68(43)7)63-49(77)41-55-12-17-64(41)3/h12-13,17-29H,8-11,14-16,52H2,1-7H3,(H,53,72)(H,54,73)(H,57,74)(H,58,75)(H,59,76)(H,60,78)(H,61,79)(H,63,77). The van der Waals surface area contributed by atoms with Crippen molar-refractivity contribution < 1.29 is 38.4 Å². The largest absolute Gasteiger partial charge is 0.354 e. The summed E-state index contributed by atoms with van der Waals surface area (Å²) in [7, 11) is 11.3. The number of hydrogen-bond donors (Lipinski definition) is 9. The monoisotopic (exact) mass is 1080 g/mol. The van der Waals surface area contributed by atoms with Gasteiger partial charge in [-0.3, -0.25) is 38.4 Å². The van der Waals surface area contributed by atoms with Crippen LogP contribution in [0.5, 0.6) is 0 Å². The SMILES string of the molecule is CNC(=O)c1cc(NC(=O)c2cc(NC(=O)c3cc(NC(=O)c4nccn4CCCCn4cc(NC(=O)c5cc(NC(=O)c6nc(NC(=O)c7nccn7C)cn6C)cn5CCCN)cc4C(=O)NC)cn3C)cn2C)cn1C. The molecule has 0 atom stereocenters. The maximum atomic E-state index is 13.9. The zero-order valence-electron chi connectivity index (χ0n) is 44.4. The summed E-state index contributed by atoms with van der Waals surface area (Å²) in [6.07, 6.45) is 17.5. The number of unbranched alkanes of at least 4 members (excludes halogenated alkanes) is 1. The molecule has 0 fully saturated rings. The third-order valence-corrected chi connectivity index (χ3v) is 12.6. The molecule has 0 radical (unpaired) electrons. The van der Waals surface area contributed by atoms with Gasteiger partial charge in [0.1, 0.15) is 28.5 Å². The van der Waals surface area contributed by atoms with Gasteiger partial charge in [-0.15, -0.1) is 0 Å². The Kier molecular flexibility index (Phi) is 16.5. The van der Waals surface area contributed by atoms with Gasteiger partial charge in [0.05, 0.1) is 28.4 Å². The molecule has 8 aromatic rings. The molecule has 8 rings (SSSR count). The maximum absolute atomic E-state index is 13.9. The fourth-order valence-electron chi connectivity index (χ4n) is 8.72. The third kappa shape index (κ3) is 12.6. The summed E-state index contributed by atoms with van der Waals surface area (Å²) in [5.74, 6) is -3.31. The van der Waals surface area contributed by atoms with E-state index < -0.39 is 35.4 Å². The van der Waals surface area contributed by atoms with Crippen molar-refractivity contribution in [2.24, 2.45) is 41.0 Å². The number of carbonyl (C=O) groups excluding carboxylic acids is 8. The Morgan fingerprint density at radius 3 is 1.30 bits per heavy atom. The van der Waals surface area contributed by atoms with Gasteiger partial charge >= 0.3 is 0 Å². The fourth-order valence-corrected chi connectivity index (χ4v) is 8.72. The number of aromatic nitrogens is 11. The van der Waals surface area contributed by atoms with Crippen LogP contribution in [0.1, 0.15) is 104 Å². The van der Waals surface area contributed by atoms with Crippen molar-refractivity contribution in [3.63, 3.8) is 0 Å². The van der Waals surface area contributed by atoms with Crippen molar-refractivity contribution >= 4 is 81.5 Å². The van der Waals surface area contributed by atoms with Crippen LogP contribution in [0.25, 0.3) is 0 Å². The van der Waals surface area contributed by atoms with Crippen molar-refractivity contribution in [3.05, 3.63) is 138 Å². The molecule has 0 saturated heterocycles. The number of anilines is 6. The van der Waals surface area contributed by atoms with Crippen LogP contribution in [-0.2, 0) is 54.9 Å². The van der Waals surface area contributed by atoms with E-state index >= 15 is 0 Å². The highest BCUT2D eigenvalue weighted by atomic mass is 16.2. The summed E-state index contributed by atoms with van der Waals surface area (Å²) < 4.78 is 12.8. The molecule has 8 aromatic heterocycles. The average Bonchev–Trinajstić information content (AvgIpc) is 4.31. The lowest BCUT2D eigenvalue weighted by Crippen LogP contribution is -2.21. The molecule has 0 unspecified atom stereocenters. The lowest BCUT2D eigenvalue weighted by Gasteiger charge is -2.10. The summed E-state index contributed by atoms with van der Waals surface area (Å²) in [4.78, 5) is 118. The molecule has 28 heteroatoms. The van der Waals surface area contributed by atoms with E-state index in [2.05, 4.69) is 57.5 Å². The quantitative estimate of drug-likeness (QED) is 0.0443. The van der Waals surface area contributed by atoms with Gasteiger partial charge < -0.3 is 84.8 Å². The Morgan fingerprint density at radius 2 is 0.797 bits per heavy atom. The second-order valence-corrected chi connectivity index (χ2v) is 18.4. The molecule has 8 amide bonds. The van der Waals surface area contributed by atoms with Crippen molar-refractivity contribution in [1.29, 1.82) is 0 Å². The van der Waals surface area contributed by atoms with E-state index in [9.17, 15) is 38.4 Å². The number of imidazole rings is 3. The minimum atomic E-state index is -0.593. The first-order chi connectivity index (χ1) is 37.8. The van der Waals surface area contributed by atoms with Crippen molar-refractivity contribution in [1.82, 2.24) is 62.1 Å². The van der Waals surface area contributed by atoms with E-state index in [0.29, 0.717) is 85.3 Å². The predicted molar refractivity (Wildman–Crippen MR) is 291 cm³/mol. The van der Waals surface area contributed by atoms with Crippen LogP contribution in [0.15, 0.2) is 92.3 Å². The first kappa shape index (κ1) is 55.0. The van der Waals surface area contributed by atoms with Crippen LogP contribution in [-0.4, -0.2) is 119 Å². The van der Waals surface area contributed by atoms with Gasteiger partial charge in [0, 0.05) is 131 Å². The maximum Gasteiger partial charge on any atom is 0.292 e. The fraction of sp³-hybridized carbons (Fsp3) is 0.275. The zero-order valence-corrected chi connectivity index (χ0v) is 44.4. The molecule has 0 aliphatic carbocycles. The van der Waals surface area contributed by atoms with Gasteiger partial charge in [-0.1, -0.05) is 0 Å². The number of nitrogens with two attached hydrogens (primary N) is 1. The summed E-state index contributed by atoms with van der Waals surface area (Å²) in [5.41, 5.74) is 8.93. The van der Waals surface area contributed by atoms with Gasteiger partial charge in [-0.05, 0) is 56.1 Å². The number of hydrogen-bond acceptors (Lipinski definition) is 12. The first-order valence-electron chi connectivity index (χ1n) is 24.8. The Balaban J connectivity index is 0.848. The molecule has 0 aromatic carbocycles. The third-order valence-electron chi connectivity index (χ3n) is 12.6. The van der Waals surface area contributed by atoms with Crippen LogP contribution in [0, 0.1) is 0 Å². The number of rotatable bonds is 22. The minimum Gasteiger partial charge on any atom is -0.354 e. The van der Waals surface area contributed by atoms with Crippen LogP contribution >= 0.6 is 0 Å². The average molecular weight is 1080 g/mol. The molecule has 28 nitrogen and oxygen atoms in total. The molecule has 0 saturated carbocycles. The molecule has 8 heterocycles. The summed E-state index contributed by atoms with van der Waals surface area (Å²) >= 11 is 0. The lowest BCUT2D eigenvalue weighted by atomic mass is 10.3. The van der Waals surface area contributed by atoms with E-state index in [1.165, 1.54) is 55.5 Å². The van der Waals surface area contributed by atoms with Gasteiger partial charge in [0.2, 0.25) is 5.82 Å². The normalized spacial score (nSPS) is 11.0. The van der Waals surface area contributed by atoms with Crippen molar-refractivity contribution in [2.75, 3.05) is 52.5 Å². The number of aryl methyl sites for hydroxylation is 8. The molecule has 0 aliphatic rings. The molecule has 0 aliphatic heterocycles. The van der Waals surface area contributed by atoms with Crippen molar-refractivity contribution in [3.8, 4) is 0 Å². The summed E-state index contributed by atoms with van der Waals surface area (Å²) in [6, 6.07) is 7.66. The smallest absolute Gasteiger partial charge is 0.292 e. The van der Waals surface area contributed by atoms with Crippen LogP contribution < -0.4 is 48.3 Å². The molecule has 0 bridgehead atoms. The molecule has 412 valence electrons. The Bertz CT molecular complexity index is 3630. The van der Waals surface area contributed by atoms with E-state index in [1.807, 2.05) is 0 Å². The van der Waals surface area contributed by atoms with Crippen molar-refractivity contribution in [2.45, 2.75) is 38.9 Å². The Morgan fingerprint density at radius 1 is 0.405 bits per heavy atom.